The molecule has 1 N–H and O–H groups in total. The van der Waals surface area contributed by atoms with E-state index in [4.69, 9.17) is 9.84 Å². The minimum Gasteiger partial charge on any atom is -0.508 e. The van der Waals surface area contributed by atoms with Crippen LogP contribution in [0.25, 0.3) is 0 Å². The Labute approximate surface area is 95.4 Å². The Morgan fingerprint density at radius 2 is 2.00 bits per heavy atom. The first kappa shape index (κ1) is 12.3. The average Bonchev–Trinajstić information content (AvgIpc) is 2.21. The van der Waals surface area contributed by atoms with Gasteiger partial charge >= 0.3 is 5.97 Å². The summed E-state index contributed by atoms with van der Waals surface area (Å²) in [6, 6.07) is 6.93. The zero-order valence-electron chi connectivity index (χ0n) is 9.56. The van der Waals surface area contributed by atoms with Gasteiger partial charge in [0.15, 0.2) is 0 Å². The van der Waals surface area contributed by atoms with Gasteiger partial charge in [-0.25, -0.2) is 4.79 Å². The number of ether oxygens (including phenoxy) is 1. The van der Waals surface area contributed by atoms with E-state index in [1.807, 2.05) is 19.1 Å². The van der Waals surface area contributed by atoms with Crippen LogP contribution in [-0.2, 0) is 16.0 Å². The van der Waals surface area contributed by atoms with Gasteiger partial charge in [-0.15, -0.1) is 0 Å². The number of carbonyl (C=O) groups is 1. The van der Waals surface area contributed by atoms with Gasteiger partial charge in [0, 0.05) is 6.08 Å². The van der Waals surface area contributed by atoms with Crippen LogP contribution in [-0.4, -0.2) is 17.7 Å². The van der Waals surface area contributed by atoms with Gasteiger partial charge in [-0.3, -0.25) is 0 Å². The number of hydrogen-bond acceptors (Lipinski definition) is 3. The van der Waals surface area contributed by atoms with Crippen molar-refractivity contribution in [1.29, 1.82) is 0 Å². The molecule has 0 spiro atoms. The van der Waals surface area contributed by atoms with E-state index in [1.165, 1.54) is 6.08 Å². The summed E-state index contributed by atoms with van der Waals surface area (Å²) in [4.78, 5) is 11.2. The molecule has 1 aromatic rings. The number of carbonyl (C=O) groups excluding carboxylic acids is 1. The maximum Gasteiger partial charge on any atom is 0.330 e. The summed E-state index contributed by atoms with van der Waals surface area (Å²) in [5.41, 5.74) is 1.99. The van der Waals surface area contributed by atoms with E-state index in [0.717, 1.165) is 11.1 Å². The molecule has 0 saturated carbocycles. The number of benzene rings is 1. The number of phenolic OH excluding ortho intramolecular Hbond substituents is 1. The second-order valence-corrected chi connectivity index (χ2v) is 3.59. The van der Waals surface area contributed by atoms with E-state index in [9.17, 15) is 4.79 Å². The second kappa shape index (κ2) is 5.95. The number of allylic oxidation sites excluding steroid dienone is 1. The van der Waals surface area contributed by atoms with Crippen LogP contribution in [0.2, 0.25) is 0 Å². The first-order chi connectivity index (χ1) is 7.61. The highest BCUT2D eigenvalue weighted by Gasteiger charge is 2.00. The van der Waals surface area contributed by atoms with Crippen molar-refractivity contribution in [2.75, 3.05) is 6.61 Å². The smallest absolute Gasteiger partial charge is 0.330 e. The molecule has 0 unspecified atom stereocenters. The normalized spacial score (nSPS) is 11.2. The van der Waals surface area contributed by atoms with Crippen LogP contribution in [0.1, 0.15) is 19.4 Å². The van der Waals surface area contributed by atoms with Crippen LogP contribution in [0.15, 0.2) is 35.9 Å². The largest absolute Gasteiger partial charge is 0.508 e. The van der Waals surface area contributed by atoms with Crippen LogP contribution < -0.4 is 0 Å². The van der Waals surface area contributed by atoms with Crippen molar-refractivity contribution >= 4 is 5.97 Å². The highest BCUT2D eigenvalue weighted by atomic mass is 16.5. The fourth-order valence-electron chi connectivity index (χ4n) is 1.37. The minimum atomic E-state index is -0.307. The molecule has 0 aliphatic rings. The Balaban J connectivity index is 2.60. The molecule has 0 fully saturated rings. The molecule has 3 heteroatoms. The van der Waals surface area contributed by atoms with Crippen LogP contribution in [0.3, 0.4) is 0 Å². The SMILES string of the molecule is CCOC(=O)/C=C(\C)Cc1ccc(O)cc1. The maximum absolute atomic E-state index is 11.2. The van der Waals surface area contributed by atoms with Crippen molar-refractivity contribution in [1.82, 2.24) is 0 Å². The van der Waals surface area contributed by atoms with Crippen LogP contribution in [0.4, 0.5) is 0 Å². The van der Waals surface area contributed by atoms with Gasteiger partial charge in [0.1, 0.15) is 5.75 Å². The van der Waals surface area contributed by atoms with E-state index >= 15 is 0 Å². The molecule has 0 aliphatic heterocycles. The van der Waals surface area contributed by atoms with E-state index in [-0.39, 0.29) is 11.7 Å². The van der Waals surface area contributed by atoms with Crippen molar-refractivity contribution in [3.63, 3.8) is 0 Å². The van der Waals surface area contributed by atoms with Gasteiger partial charge in [0.25, 0.3) is 0 Å². The molecule has 0 radical (unpaired) electrons. The molecule has 0 amide bonds. The molecule has 1 rings (SSSR count). The molecule has 0 bridgehead atoms. The third-order valence-corrected chi connectivity index (χ3v) is 2.07. The van der Waals surface area contributed by atoms with Gasteiger partial charge in [0.05, 0.1) is 6.61 Å². The third-order valence-electron chi connectivity index (χ3n) is 2.07. The molecule has 0 aromatic heterocycles. The number of esters is 1. The molecule has 3 nitrogen and oxygen atoms in total. The highest BCUT2D eigenvalue weighted by Crippen LogP contribution is 2.13. The average molecular weight is 220 g/mol. The van der Waals surface area contributed by atoms with Gasteiger partial charge in [-0.1, -0.05) is 17.7 Å². The molecule has 0 saturated heterocycles. The summed E-state index contributed by atoms with van der Waals surface area (Å²) in [7, 11) is 0. The lowest BCUT2D eigenvalue weighted by Crippen LogP contribution is -2.01. The molecule has 1 aromatic carbocycles. The van der Waals surface area contributed by atoms with E-state index in [1.54, 1.807) is 19.1 Å². The second-order valence-electron chi connectivity index (χ2n) is 3.59. The van der Waals surface area contributed by atoms with Crippen LogP contribution in [0.5, 0.6) is 5.75 Å². The fourth-order valence-corrected chi connectivity index (χ4v) is 1.37. The zero-order valence-corrected chi connectivity index (χ0v) is 9.56. The molecular weight excluding hydrogens is 204 g/mol. The third kappa shape index (κ3) is 4.17. The minimum absolute atomic E-state index is 0.246. The van der Waals surface area contributed by atoms with Crippen molar-refractivity contribution in [2.24, 2.45) is 0 Å². The van der Waals surface area contributed by atoms with Gasteiger partial charge in [-0.2, -0.15) is 0 Å². The summed E-state index contributed by atoms with van der Waals surface area (Å²) < 4.78 is 4.81. The monoisotopic (exact) mass is 220 g/mol. The van der Waals surface area contributed by atoms with Crippen molar-refractivity contribution < 1.29 is 14.6 Å². The zero-order chi connectivity index (χ0) is 12.0. The predicted octanol–water partition coefficient (Wildman–Crippen LogP) is 2.44. The van der Waals surface area contributed by atoms with E-state index in [0.29, 0.717) is 13.0 Å². The molecular formula is C13H16O3. The number of phenols is 1. The Kier molecular flexibility index (Phi) is 4.58. The lowest BCUT2D eigenvalue weighted by Gasteiger charge is -2.02. The lowest BCUT2D eigenvalue weighted by atomic mass is 10.1. The summed E-state index contributed by atoms with van der Waals surface area (Å²) in [6.07, 6.45) is 2.18. The molecule has 0 heterocycles. The molecule has 0 aliphatic carbocycles. The molecule has 0 atom stereocenters. The van der Waals surface area contributed by atoms with Gasteiger partial charge in [-0.05, 0) is 38.0 Å². The van der Waals surface area contributed by atoms with Gasteiger partial charge in [0.2, 0.25) is 0 Å². The van der Waals surface area contributed by atoms with E-state index in [2.05, 4.69) is 0 Å². The number of rotatable bonds is 4. The quantitative estimate of drug-likeness (QED) is 0.626. The lowest BCUT2D eigenvalue weighted by molar-refractivity contribution is -0.137. The summed E-state index contributed by atoms with van der Waals surface area (Å²) in [5, 5.41) is 9.12. The topological polar surface area (TPSA) is 46.5 Å². The Hall–Kier alpha value is -1.77. The maximum atomic E-state index is 11.2. The first-order valence-corrected chi connectivity index (χ1v) is 5.23. The predicted molar refractivity (Wildman–Crippen MR) is 62.2 cm³/mol. The molecule has 86 valence electrons. The van der Waals surface area contributed by atoms with Crippen molar-refractivity contribution in [3.05, 3.63) is 41.5 Å². The Morgan fingerprint density at radius 1 is 1.38 bits per heavy atom. The first-order valence-electron chi connectivity index (χ1n) is 5.23. The number of aromatic hydroxyl groups is 1. The van der Waals surface area contributed by atoms with E-state index < -0.39 is 0 Å². The Morgan fingerprint density at radius 3 is 2.56 bits per heavy atom. The van der Waals surface area contributed by atoms with Gasteiger partial charge < -0.3 is 9.84 Å². The standard InChI is InChI=1S/C13H16O3/c1-3-16-13(15)9-10(2)8-11-4-6-12(14)7-5-11/h4-7,9,14H,3,8H2,1-2H3/b10-9+. The van der Waals surface area contributed by atoms with Crippen LogP contribution in [0, 0.1) is 0 Å². The molecule has 16 heavy (non-hydrogen) atoms. The highest BCUT2D eigenvalue weighted by molar-refractivity contribution is 5.82. The number of hydrogen-bond donors (Lipinski definition) is 1. The van der Waals surface area contributed by atoms with Crippen molar-refractivity contribution in [3.8, 4) is 5.75 Å². The summed E-state index contributed by atoms with van der Waals surface area (Å²) in [6.45, 7) is 4.05. The summed E-state index contributed by atoms with van der Waals surface area (Å²) in [5.74, 6) is -0.0606. The van der Waals surface area contributed by atoms with Crippen LogP contribution >= 0.6 is 0 Å². The fraction of sp³-hybridized carbons (Fsp3) is 0.308. The Bertz CT molecular complexity index is 377. The summed E-state index contributed by atoms with van der Waals surface area (Å²) >= 11 is 0. The van der Waals surface area contributed by atoms with Crippen molar-refractivity contribution in [2.45, 2.75) is 20.3 Å².